The lowest BCUT2D eigenvalue weighted by Gasteiger charge is -2.21. The Kier molecular flexibility index (Phi) is 4.67. The smallest absolute Gasteiger partial charge is 0.269 e. The molecule has 0 radical (unpaired) electrons. The normalized spacial score (nSPS) is 18.2. The number of sulfonamides is 1. The second kappa shape index (κ2) is 6.45. The molecule has 0 amide bonds. The van der Waals surface area contributed by atoms with Gasteiger partial charge in [0.15, 0.2) is 15.8 Å². The Morgan fingerprint density at radius 1 is 1.46 bits per heavy atom. The Bertz CT molecular complexity index is 859. The van der Waals surface area contributed by atoms with Gasteiger partial charge in [-0.25, -0.2) is 22.2 Å². The average Bonchev–Trinajstić information content (AvgIpc) is 3.14. The molecule has 0 unspecified atom stereocenters. The van der Waals surface area contributed by atoms with Gasteiger partial charge in [0.05, 0.1) is 5.69 Å². The maximum atomic E-state index is 14.6. The van der Waals surface area contributed by atoms with Crippen LogP contribution in [0.25, 0.3) is 0 Å². The number of benzene rings is 1. The molecule has 1 saturated heterocycles. The Morgan fingerprint density at radius 2 is 2.21 bits per heavy atom. The van der Waals surface area contributed by atoms with Crippen molar-refractivity contribution in [2.75, 3.05) is 22.7 Å². The van der Waals surface area contributed by atoms with Crippen LogP contribution in [0.2, 0.25) is 5.02 Å². The summed E-state index contributed by atoms with van der Waals surface area (Å²) in [5.41, 5.74) is 0.171. The van der Waals surface area contributed by atoms with Crippen molar-refractivity contribution < 1.29 is 17.2 Å². The lowest BCUT2D eigenvalue weighted by molar-refractivity contribution is 0.521. The van der Waals surface area contributed by atoms with Crippen LogP contribution in [0.4, 0.5) is 19.6 Å². The highest BCUT2D eigenvalue weighted by Gasteiger charge is 2.31. The van der Waals surface area contributed by atoms with Crippen LogP contribution in [-0.4, -0.2) is 26.5 Å². The average molecular weight is 394 g/mol. The minimum atomic E-state index is -4.47. The Morgan fingerprint density at radius 3 is 2.79 bits per heavy atom. The zero-order valence-corrected chi connectivity index (χ0v) is 15.0. The van der Waals surface area contributed by atoms with Crippen LogP contribution in [0.1, 0.15) is 13.3 Å². The van der Waals surface area contributed by atoms with E-state index in [9.17, 15) is 17.2 Å². The SMILES string of the molecule is C[C@@H]1CCN(c2cc(F)c(S(=O)(=O)Nc3nccs3)c(F)c2Cl)C1. The van der Waals surface area contributed by atoms with Crippen molar-refractivity contribution in [3.63, 3.8) is 0 Å². The zero-order chi connectivity index (χ0) is 17.5. The van der Waals surface area contributed by atoms with E-state index in [-0.39, 0.29) is 10.8 Å². The predicted molar refractivity (Wildman–Crippen MR) is 90.3 cm³/mol. The van der Waals surface area contributed by atoms with Crippen LogP contribution >= 0.6 is 22.9 Å². The zero-order valence-electron chi connectivity index (χ0n) is 12.6. The molecule has 1 fully saturated rings. The maximum absolute atomic E-state index is 14.6. The van der Waals surface area contributed by atoms with Gasteiger partial charge in [-0.2, -0.15) is 0 Å². The summed E-state index contributed by atoms with van der Waals surface area (Å²) in [6, 6.07) is 0.972. The number of anilines is 2. The minimum absolute atomic E-state index is 0.0161. The van der Waals surface area contributed by atoms with Crippen LogP contribution in [0.15, 0.2) is 22.5 Å². The number of rotatable bonds is 4. The lowest BCUT2D eigenvalue weighted by Crippen LogP contribution is -2.22. The molecule has 3 rings (SSSR count). The van der Waals surface area contributed by atoms with Crippen molar-refractivity contribution in [1.29, 1.82) is 0 Å². The van der Waals surface area contributed by atoms with E-state index < -0.39 is 31.6 Å². The van der Waals surface area contributed by atoms with Gasteiger partial charge in [0.25, 0.3) is 10.0 Å². The fourth-order valence-corrected chi connectivity index (χ4v) is 4.89. The van der Waals surface area contributed by atoms with E-state index in [0.717, 1.165) is 23.8 Å². The van der Waals surface area contributed by atoms with Crippen molar-refractivity contribution in [3.05, 3.63) is 34.3 Å². The molecule has 1 N–H and O–H groups in total. The maximum Gasteiger partial charge on any atom is 0.269 e. The quantitative estimate of drug-likeness (QED) is 0.804. The van der Waals surface area contributed by atoms with Crippen molar-refractivity contribution in [3.8, 4) is 0 Å². The molecule has 0 spiro atoms. The molecule has 1 aromatic carbocycles. The van der Waals surface area contributed by atoms with Crippen LogP contribution in [-0.2, 0) is 10.0 Å². The predicted octanol–water partition coefficient (Wildman–Crippen LogP) is 3.72. The molecule has 0 saturated carbocycles. The highest BCUT2D eigenvalue weighted by molar-refractivity contribution is 7.93. The summed E-state index contributed by atoms with van der Waals surface area (Å²) in [5.74, 6) is -2.10. The van der Waals surface area contributed by atoms with Crippen LogP contribution in [0.3, 0.4) is 0 Å². The van der Waals surface area contributed by atoms with Gasteiger partial charge >= 0.3 is 0 Å². The molecule has 2 aromatic rings. The summed E-state index contributed by atoms with van der Waals surface area (Å²) in [7, 11) is -4.47. The second-order valence-corrected chi connectivity index (χ2v) is 8.51. The van der Waals surface area contributed by atoms with Crippen LogP contribution in [0, 0.1) is 17.6 Å². The van der Waals surface area contributed by atoms with Crippen LogP contribution in [0.5, 0.6) is 0 Å². The van der Waals surface area contributed by atoms with Gasteiger partial charge in [-0.15, -0.1) is 11.3 Å². The number of nitrogens with zero attached hydrogens (tertiary/aromatic N) is 2. The third kappa shape index (κ3) is 3.20. The first-order valence-electron chi connectivity index (χ1n) is 7.14. The summed E-state index contributed by atoms with van der Waals surface area (Å²) >= 11 is 6.99. The highest BCUT2D eigenvalue weighted by atomic mass is 35.5. The van der Waals surface area contributed by atoms with E-state index in [1.54, 1.807) is 4.90 Å². The fraction of sp³-hybridized carbons (Fsp3) is 0.357. The van der Waals surface area contributed by atoms with E-state index in [0.29, 0.717) is 19.0 Å². The number of hydrogen-bond acceptors (Lipinski definition) is 5. The van der Waals surface area contributed by atoms with Gasteiger partial charge in [-0.05, 0) is 12.3 Å². The summed E-state index contributed by atoms with van der Waals surface area (Å²) in [6.45, 7) is 3.25. The van der Waals surface area contributed by atoms with Crippen LogP contribution < -0.4 is 9.62 Å². The number of thiazole rings is 1. The molecule has 1 aliphatic heterocycles. The molecule has 2 heterocycles. The first-order valence-corrected chi connectivity index (χ1v) is 9.88. The van der Waals surface area contributed by atoms with Gasteiger partial charge < -0.3 is 4.90 Å². The molecular weight excluding hydrogens is 380 g/mol. The Labute approximate surface area is 147 Å². The minimum Gasteiger partial charge on any atom is -0.370 e. The number of aromatic nitrogens is 1. The van der Waals surface area contributed by atoms with Crippen molar-refractivity contribution in [2.45, 2.75) is 18.2 Å². The molecule has 10 heteroatoms. The van der Waals surface area contributed by atoms with Gasteiger partial charge in [0.2, 0.25) is 0 Å². The standard InChI is InChI=1S/C14H14ClF2N3O2S2/c1-8-2-4-20(7-8)10-6-9(16)13(12(17)11(10)15)24(21,22)19-14-18-3-5-23-14/h3,5-6,8H,2,4,7H2,1H3,(H,18,19)/t8-/m1/s1. The van der Waals surface area contributed by atoms with Gasteiger partial charge in [0.1, 0.15) is 10.8 Å². The monoisotopic (exact) mass is 393 g/mol. The van der Waals surface area contributed by atoms with Crippen molar-refractivity contribution in [2.24, 2.45) is 5.92 Å². The Balaban J connectivity index is 2.02. The molecule has 0 bridgehead atoms. The lowest BCUT2D eigenvalue weighted by atomic mass is 10.2. The van der Waals surface area contributed by atoms with E-state index in [1.165, 1.54) is 11.6 Å². The largest absolute Gasteiger partial charge is 0.370 e. The number of hydrogen-bond donors (Lipinski definition) is 1. The molecule has 130 valence electrons. The number of nitrogens with one attached hydrogen (secondary N) is 1. The third-order valence-electron chi connectivity index (χ3n) is 3.78. The second-order valence-electron chi connectivity index (χ2n) is 5.62. The van der Waals surface area contributed by atoms with E-state index >= 15 is 0 Å². The molecule has 1 atom stereocenters. The van der Waals surface area contributed by atoms with Crippen molar-refractivity contribution in [1.82, 2.24) is 4.98 Å². The van der Waals surface area contributed by atoms with Crippen molar-refractivity contribution >= 4 is 43.8 Å². The van der Waals surface area contributed by atoms with Gasteiger partial charge in [-0.1, -0.05) is 18.5 Å². The first-order chi connectivity index (χ1) is 11.3. The summed E-state index contributed by atoms with van der Waals surface area (Å²) in [4.78, 5) is 4.40. The highest BCUT2D eigenvalue weighted by Crippen LogP contribution is 2.37. The summed E-state index contributed by atoms with van der Waals surface area (Å²) in [5, 5.41) is 1.15. The van der Waals surface area contributed by atoms with E-state index in [2.05, 4.69) is 4.98 Å². The fourth-order valence-electron chi connectivity index (χ4n) is 2.64. The van der Waals surface area contributed by atoms with E-state index in [4.69, 9.17) is 11.6 Å². The molecular formula is C14H14ClF2N3O2S2. The third-order valence-corrected chi connectivity index (χ3v) is 6.34. The molecule has 0 aliphatic carbocycles. The molecule has 1 aromatic heterocycles. The van der Waals surface area contributed by atoms with Gasteiger partial charge in [0, 0.05) is 30.7 Å². The topological polar surface area (TPSA) is 62.3 Å². The van der Waals surface area contributed by atoms with Gasteiger partial charge in [-0.3, -0.25) is 4.72 Å². The summed E-state index contributed by atoms with van der Waals surface area (Å²) in [6.07, 6.45) is 2.26. The summed E-state index contributed by atoms with van der Waals surface area (Å²) < 4.78 is 55.6. The molecule has 24 heavy (non-hydrogen) atoms. The van der Waals surface area contributed by atoms with E-state index in [1.807, 2.05) is 11.6 Å². The first kappa shape index (κ1) is 17.4. The molecule has 1 aliphatic rings. The Hall–Kier alpha value is -1.45. The number of halogens is 3. The molecule has 5 nitrogen and oxygen atoms in total.